The highest BCUT2D eigenvalue weighted by atomic mass is 16.4. The van der Waals surface area contributed by atoms with Crippen LogP contribution in [0.5, 0.6) is 0 Å². The lowest BCUT2D eigenvalue weighted by atomic mass is 10.1. The number of carbonyl (C=O) groups is 1. The molecule has 1 aromatic rings. The van der Waals surface area contributed by atoms with Gasteiger partial charge < -0.3 is 5.11 Å². The van der Waals surface area contributed by atoms with Crippen molar-refractivity contribution >= 4 is 5.97 Å². The van der Waals surface area contributed by atoms with E-state index in [1.807, 2.05) is 32.2 Å². The second-order valence-corrected chi connectivity index (χ2v) is 4.20. The van der Waals surface area contributed by atoms with Crippen molar-refractivity contribution < 1.29 is 9.90 Å². The molecule has 0 radical (unpaired) electrons. The van der Waals surface area contributed by atoms with Gasteiger partial charge in [-0.05, 0) is 26.5 Å². The Morgan fingerprint density at radius 2 is 1.88 bits per heavy atom. The van der Waals surface area contributed by atoms with Gasteiger partial charge in [0.2, 0.25) is 0 Å². The van der Waals surface area contributed by atoms with E-state index in [1.54, 1.807) is 0 Å². The molecule has 16 heavy (non-hydrogen) atoms. The predicted octanol–water partition coefficient (Wildman–Crippen LogP) is 2.54. The largest absolute Gasteiger partial charge is 0.481 e. The monoisotopic (exact) mass is 221 g/mol. The van der Waals surface area contributed by atoms with Crippen molar-refractivity contribution in [2.45, 2.75) is 32.4 Å². The summed E-state index contributed by atoms with van der Waals surface area (Å²) in [6.45, 7) is 4.03. The third-order valence-corrected chi connectivity index (χ3v) is 3.06. The highest BCUT2D eigenvalue weighted by molar-refractivity contribution is 5.67. The zero-order valence-corrected chi connectivity index (χ0v) is 10.1. The average molecular weight is 221 g/mol. The second-order valence-electron chi connectivity index (χ2n) is 4.20. The summed E-state index contributed by atoms with van der Waals surface area (Å²) < 4.78 is 0. The van der Waals surface area contributed by atoms with Crippen LogP contribution in [0.1, 0.15) is 31.9 Å². The number of nitrogens with zero attached hydrogens (tertiary/aromatic N) is 1. The first-order chi connectivity index (χ1) is 7.52. The van der Waals surface area contributed by atoms with Crippen molar-refractivity contribution in [3.05, 3.63) is 35.9 Å². The maximum atomic E-state index is 10.6. The molecule has 0 bridgehead atoms. The Morgan fingerprint density at radius 3 is 2.38 bits per heavy atom. The number of benzene rings is 1. The van der Waals surface area contributed by atoms with Crippen LogP contribution in [0.3, 0.4) is 0 Å². The van der Waals surface area contributed by atoms with Gasteiger partial charge in [-0.25, -0.2) is 0 Å². The minimum absolute atomic E-state index is 0.0349. The number of hydrogen-bond donors (Lipinski definition) is 1. The molecule has 88 valence electrons. The van der Waals surface area contributed by atoms with Crippen LogP contribution in [-0.2, 0) is 4.79 Å². The van der Waals surface area contributed by atoms with Crippen LogP contribution in [0.25, 0.3) is 0 Å². The first-order valence-electron chi connectivity index (χ1n) is 5.51. The number of aliphatic carboxylic acids is 1. The van der Waals surface area contributed by atoms with Gasteiger partial charge in [-0.1, -0.05) is 30.3 Å². The van der Waals surface area contributed by atoms with E-state index < -0.39 is 5.97 Å². The Hall–Kier alpha value is -1.35. The van der Waals surface area contributed by atoms with Gasteiger partial charge in [0.15, 0.2) is 0 Å². The lowest BCUT2D eigenvalue weighted by molar-refractivity contribution is -0.138. The van der Waals surface area contributed by atoms with Crippen LogP contribution in [0.2, 0.25) is 0 Å². The molecule has 0 saturated heterocycles. The molecule has 0 heterocycles. The van der Waals surface area contributed by atoms with E-state index in [9.17, 15) is 4.79 Å². The first-order valence-corrected chi connectivity index (χ1v) is 5.51. The molecule has 1 aromatic carbocycles. The van der Waals surface area contributed by atoms with Gasteiger partial charge in [-0.2, -0.15) is 0 Å². The van der Waals surface area contributed by atoms with E-state index in [0.29, 0.717) is 0 Å². The van der Waals surface area contributed by atoms with Crippen LogP contribution in [-0.4, -0.2) is 29.1 Å². The minimum atomic E-state index is -0.750. The Bertz CT molecular complexity index is 337. The van der Waals surface area contributed by atoms with Gasteiger partial charge in [0.1, 0.15) is 0 Å². The molecule has 3 nitrogen and oxygen atoms in total. The number of carboxylic acids is 1. The normalized spacial score (nSPS) is 14.8. The van der Waals surface area contributed by atoms with Crippen LogP contribution < -0.4 is 0 Å². The molecule has 0 aliphatic carbocycles. The fourth-order valence-electron chi connectivity index (χ4n) is 1.75. The Kier molecular flexibility index (Phi) is 4.50. The summed E-state index contributed by atoms with van der Waals surface area (Å²) in [5.74, 6) is -0.750. The highest BCUT2D eigenvalue weighted by Crippen LogP contribution is 2.21. The summed E-state index contributed by atoms with van der Waals surface area (Å²) in [7, 11) is 1.96. The lowest BCUT2D eigenvalue weighted by Gasteiger charge is -2.30. The van der Waals surface area contributed by atoms with Crippen LogP contribution >= 0.6 is 0 Å². The molecule has 0 fully saturated rings. The zero-order valence-electron chi connectivity index (χ0n) is 10.1. The van der Waals surface area contributed by atoms with Crippen LogP contribution in [0.15, 0.2) is 30.3 Å². The van der Waals surface area contributed by atoms with E-state index in [2.05, 4.69) is 24.0 Å². The molecule has 0 saturated carbocycles. The number of carboxylic acid groups (broad SMARTS) is 1. The highest BCUT2D eigenvalue weighted by Gasteiger charge is 2.19. The van der Waals surface area contributed by atoms with E-state index in [-0.39, 0.29) is 18.5 Å². The first kappa shape index (κ1) is 12.7. The summed E-state index contributed by atoms with van der Waals surface area (Å²) in [5, 5.41) is 8.76. The van der Waals surface area contributed by atoms with Gasteiger partial charge in [0.25, 0.3) is 0 Å². The van der Waals surface area contributed by atoms with Crippen LogP contribution in [0.4, 0.5) is 0 Å². The molecule has 0 amide bonds. The molecule has 3 heteroatoms. The van der Waals surface area contributed by atoms with Gasteiger partial charge in [-0.3, -0.25) is 9.69 Å². The van der Waals surface area contributed by atoms with E-state index in [4.69, 9.17) is 5.11 Å². The molecule has 0 aliphatic rings. The van der Waals surface area contributed by atoms with E-state index >= 15 is 0 Å². The molecule has 0 aliphatic heterocycles. The zero-order chi connectivity index (χ0) is 12.1. The third-order valence-electron chi connectivity index (χ3n) is 3.06. The Labute approximate surface area is 96.7 Å². The SMILES string of the molecule is CC(CC(=O)O)N(C)[C@@H](C)c1ccccc1. The number of rotatable bonds is 5. The number of hydrogen-bond acceptors (Lipinski definition) is 2. The smallest absolute Gasteiger partial charge is 0.304 e. The summed E-state index contributed by atoms with van der Waals surface area (Å²) in [6, 6.07) is 10.4. The van der Waals surface area contributed by atoms with Crippen LogP contribution in [0, 0.1) is 0 Å². The van der Waals surface area contributed by atoms with E-state index in [0.717, 1.165) is 0 Å². The average Bonchev–Trinajstić information content (AvgIpc) is 2.27. The van der Waals surface area contributed by atoms with Crippen molar-refractivity contribution in [3.8, 4) is 0 Å². The topological polar surface area (TPSA) is 40.5 Å². The van der Waals surface area contributed by atoms with E-state index in [1.165, 1.54) is 5.56 Å². The van der Waals surface area contributed by atoms with Crippen molar-refractivity contribution in [3.63, 3.8) is 0 Å². The van der Waals surface area contributed by atoms with Gasteiger partial charge in [0.05, 0.1) is 6.42 Å². The van der Waals surface area contributed by atoms with Gasteiger partial charge in [0, 0.05) is 12.1 Å². The standard InChI is InChI=1S/C13H19NO2/c1-10(9-13(15)16)14(3)11(2)12-7-5-4-6-8-12/h4-8,10-11H,9H2,1-3H3,(H,15,16)/t10?,11-/m0/s1. The molecule has 0 spiro atoms. The van der Waals surface area contributed by atoms with Crippen molar-refractivity contribution in [1.29, 1.82) is 0 Å². The maximum absolute atomic E-state index is 10.6. The molecule has 0 aromatic heterocycles. The predicted molar refractivity (Wildman–Crippen MR) is 64.3 cm³/mol. The molecule has 1 unspecified atom stereocenters. The minimum Gasteiger partial charge on any atom is -0.481 e. The third kappa shape index (κ3) is 3.35. The summed E-state index contributed by atoms with van der Waals surface area (Å²) in [6.07, 6.45) is 0.174. The fraction of sp³-hybridized carbons (Fsp3) is 0.462. The summed E-state index contributed by atoms with van der Waals surface area (Å²) in [4.78, 5) is 12.7. The van der Waals surface area contributed by atoms with Gasteiger partial charge in [-0.15, -0.1) is 0 Å². The maximum Gasteiger partial charge on any atom is 0.304 e. The summed E-state index contributed by atoms with van der Waals surface area (Å²) in [5.41, 5.74) is 1.21. The molecule has 1 rings (SSSR count). The molecular weight excluding hydrogens is 202 g/mol. The van der Waals surface area contributed by atoms with Crippen molar-refractivity contribution in [1.82, 2.24) is 4.90 Å². The molecule has 2 atom stereocenters. The Morgan fingerprint density at radius 1 is 1.31 bits per heavy atom. The second kappa shape index (κ2) is 5.66. The van der Waals surface area contributed by atoms with Crippen molar-refractivity contribution in [2.75, 3.05) is 7.05 Å². The van der Waals surface area contributed by atoms with Crippen molar-refractivity contribution in [2.24, 2.45) is 0 Å². The quantitative estimate of drug-likeness (QED) is 0.830. The fourth-order valence-corrected chi connectivity index (χ4v) is 1.75. The Balaban J connectivity index is 2.67. The summed E-state index contributed by atoms with van der Waals surface area (Å²) >= 11 is 0. The lowest BCUT2D eigenvalue weighted by Crippen LogP contribution is -2.33. The molecule has 1 N–H and O–H groups in total. The van der Waals surface area contributed by atoms with Gasteiger partial charge >= 0.3 is 5.97 Å². The molecular formula is C13H19NO2.